The van der Waals surface area contributed by atoms with Crippen LogP contribution in [0.2, 0.25) is 0 Å². The lowest BCUT2D eigenvalue weighted by atomic mass is 9.96. The molecule has 0 aliphatic carbocycles. The number of hydrogen-bond acceptors (Lipinski definition) is 5. The molecule has 2 unspecified atom stereocenters. The first kappa shape index (κ1) is 23.9. The van der Waals surface area contributed by atoms with Crippen LogP contribution in [0.1, 0.15) is 28.8 Å². The van der Waals surface area contributed by atoms with Crippen LogP contribution in [0.4, 0.5) is 4.79 Å². The Morgan fingerprint density at radius 3 is 2.23 bits per heavy atom. The number of amides is 1. The third kappa shape index (κ3) is 8.53. The summed E-state index contributed by atoms with van der Waals surface area (Å²) in [6.07, 6.45) is 4.49. The zero-order valence-corrected chi connectivity index (χ0v) is 18.4. The van der Waals surface area contributed by atoms with Crippen LogP contribution in [0, 0.1) is 0 Å². The monoisotopic (exact) mass is 445 g/mol. The molecule has 0 aliphatic heterocycles. The van der Waals surface area contributed by atoms with Crippen molar-refractivity contribution in [3.63, 3.8) is 0 Å². The lowest BCUT2D eigenvalue weighted by Crippen LogP contribution is -2.38. The van der Waals surface area contributed by atoms with Crippen molar-refractivity contribution >= 4 is 29.8 Å². The smallest absolute Gasteiger partial charge is 0.407 e. The lowest BCUT2D eigenvalue weighted by Gasteiger charge is -2.21. The minimum absolute atomic E-state index is 0. The van der Waals surface area contributed by atoms with Crippen molar-refractivity contribution in [1.82, 2.24) is 10.3 Å². The highest BCUT2D eigenvalue weighted by atomic mass is 35.5. The molecule has 5 nitrogen and oxygen atoms in total. The van der Waals surface area contributed by atoms with Crippen LogP contribution >= 0.6 is 23.7 Å². The molecule has 0 radical (unpaired) electrons. The predicted molar refractivity (Wildman–Crippen MR) is 124 cm³/mol. The summed E-state index contributed by atoms with van der Waals surface area (Å²) in [5.74, 6) is 0. The summed E-state index contributed by atoms with van der Waals surface area (Å²) in [5, 5.41) is 3.01. The van der Waals surface area contributed by atoms with Crippen LogP contribution < -0.4 is 11.1 Å². The first-order valence-electron chi connectivity index (χ1n) is 9.83. The molecule has 7 heteroatoms. The SMILES string of the molecule is Cl.NC(CCC(Cc1ccccc1)NC(=O)OCc1cncs1)Cc1ccccc1. The number of carbonyl (C=O) groups is 1. The van der Waals surface area contributed by atoms with E-state index in [1.165, 1.54) is 22.5 Å². The highest BCUT2D eigenvalue weighted by molar-refractivity contribution is 7.09. The molecule has 3 rings (SSSR count). The standard InChI is InChI=1S/C23H27N3O2S.ClH/c24-20(13-18-7-3-1-4-8-18)11-12-21(14-19-9-5-2-6-10-19)26-23(27)28-16-22-15-25-17-29-22;/h1-10,15,17,20-21H,11-14,16,24H2,(H,26,27);1H. The molecule has 0 fully saturated rings. The number of nitrogens with two attached hydrogens (primary N) is 1. The molecule has 3 N–H and O–H groups in total. The van der Waals surface area contributed by atoms with E-state index in [4.69, 9.17) is 10.5 Å². The molecule has 1 aromatic heterocycles. The van der Waals surface area contributed by atoms with Gasteiger partial charge in [0.2, 0.25) is 0 Å². The third-order valence-electron chi connectivity index (χ3n) is 4.70. The van der Waals surface area contributed by atoms with Gasteiger partial charge in [0.1, 0.15) is 6.61 Å². The zero-order valence-electron chi connectivity index (χ0n) is 16.8. The normalized spacial score (nSPS) is 12.4. The Morgan fingerprint density at radius 2 is 1.63 bits per heavy atom. The molecule has 30 heavy (non-hydrogen) atoms. The van der Waals surface area contributed by atoms with E-state index in [1.54, 1.807) is 11.7 Å². The van der Waals surface area contributed by atoms with Crippen molar-refractivity contribution in [1.29, 1.82) is 0 Å². The average Bonchev–Trinajstić information content (AvgIpc) is 3.26. The summed E-state index contributed by atoms with van der Waals surface area (Å²) in [4.78, 5) is 17.2. The van der Waals surface area contributed by atoms with Crippen molar-refractivity contribution in [3.8, 4) is 0 Å². The molecule has 0 aliphatic rings. The van der Waals surface area contributed by atoms with E-state index in [1.807, 2.05) is 36.4 Å². The first-order valence-corrected chi connectivity index (χ1v) is 10.7. The molecule has 160 valence electrons. The van der Waals surface area contributed by atoms with Crippen LogP contribution in [0.5, 0.6) is 0 Å². The molecule has 1 heterocycles. The Labute approximate surface area is 188 Å². The van der Waals surface area contributed by atoms with Crippen LogP contribution in [0.25, 0.3) is 0 Å². The Kier molecular flexibility index (Phi) is 10.3. The molecule has 0 spiro atoms. The fourth-order valence-corrected chi connectivity index (χ4v) is 3.72. The van der Waals surface area contributed by atoms with E-state index in [0.29, 0.717) is 0 Å². The fraction of sp³-hybridized carbons (Fsp3) is 0.304. The van der Waals surface area contributed by atoms with Gasteiger partial charge in [-0.25, -0.2) is 4.79 Å². The number of nitrogens with zero attached hydrogens (tertiary/aromatic N) is 1. The van der Waals surface area contributed by atoms with E-state index in [9.17, 15) is 4.79 Å². The number of aromatic nitrogens is 1. The number of ether oxygens (including phenoxy) is 1. The van der Waals surface area contributed by atoms with Crippen LogP contribution in [0.3, 0.4) is 0 Å². The van der Waals surface area contributed by atoms with Crippen molar-refractivity contribution in [3.05, 3.63) is 88.4 Å². The van der Waals surface area contributed by atoms with Gasteiger partial charge >= 0.3 is 6.09 Å². The number of carbonyl (C=O) groups excluding carboxylic acids is 1. The zero-order chi connectivity index (χ0) is 20.3. The minimum atomic E-state index is -0.407. The highest BCUT2D eigenvalue weighted by Gasteiger charge is 2.16. The Morgan fingerprint density at radius 1 is 1.00 bits per heavy atom. The summed E-state index contributed by atoms with van der Waals surface area (Å²) in [5.41, 5.74) is 10.5. The fourth-order valence-electron chi connectivity index (χ4n) is 3.22. The molecule has 3 aromatic rings. The molecule has 0 bridgehead atoms. The number of rotatable bonds is 10. The number of alkyl carbamates (subject to hydrolysis) is 1. The second-order valence-corrected chi connectivity index (χ2v) is 8.07. The minimum Gasteiger partial charge on any atom is -0.444 e. The summed E-state index contributed by atoms with van der Waals surface area (Å²) in [7, 11) is 0. The molecule has 1 amide bonds. The molecule has 2 atom stereocenters. The Hall–Kier alpha value is -2.41. The van der Waals surface area contributed by atoms with Gasteiger partial charge in [-0.1, -0.05) is 60.7 Å². The molecular weight excluding hydrogens is 418 g/mol. The molecule has 2 aromatic carbocycles. The third-order valence-corrected chi connectivity index (χ3v) is 5.46. The van der Waals surface area contributed by atoms with Crippen molar-refractivity contribution in [2.24, 2.45) is 5.73 Å². The van der Waals surface area contributed by atoms with Gasteiger partial charge in [-0.05, 0) is 36.8 Å². The number of benzene rings is 2. The van der Waals surface area contributed by atoms with Gasteiger partial charge in [-0.3, -0.25) is 4.98 Å². The lowest BCUT2D eigenvalue weighted by molar-refractivity contribution is 0.135. The number of thiazole rings is 1. The number of halogens is 1. The molecular formula is C23H28ClN3O2S. The van der Waals surface area contributed by atoms with Gasteiger partial charge in [0.05, 0.1) is 10.4 Å². The van der Waals surface area contributed by atoms with Gasteiger partial charge in [-0.2, -0.15) is 0 Å². The maximum absolute atomic E-state index is 12.3. The Bertz CT molecular complexity index is 847. The Balaban J connectivity index is 0.00000320. The van der Waals surface area contributed by atoms with E-state index in [2.05, 4.69) is 34.6 Å². The van der Waals surface area contributed by atoms with Crippen LogP contribution in [-0.4, -0.2) is 23.2 Å². The van der Waals surface area contributed by atoms with Gasteiger partial charge in [0.25, 0.3) is 0 Å². The molecule has 0 saturated carbocycles. The van der Waals surface area contributed by atoms with Gasteiger partial charge in [0.15, 0.2) is 0 Å². The van der Waals surface area contributed by atoms with E-state index >= 15 is 0 Å². The number of nitrogens with one attached hydrogen (secondary N) is 1. The quantitative estimate of drug-likeness (QED) is 0.472. The largest absolute Gasteiger partial charge is 0.444 e. The second kappa shape index (κ2) is 13.0. The maximum Gasteiger partial charge on any atom is 0.407 e. The number of hydrogen-bond donors (Lipinski definition) is 2. The van der Waals surface area contributed by atoms with Crippen molar-refractivity contribution in [2.45, 2.75) is 44.4 Å². The first-order chi connectivity index (χ1) is 14.2. The van der Waals surface area contributed by atoms with Crippen LogP contribution in [0.15, 0.2) is 72.4 Å². The summed E-state index contributed by atoms with van der Waals surface area (Å²) in [6.45, 7) is 0.238. The van der Waals surface area contributed by atoms with Crippen molar-refractivity contribution < 1.29 is 9.53 Å². The van der Waals surface area contributed by atoms with Gasteiger partial charge < -0.3 is 15.8 Å². The van der Waals surface area contributed by atoms with Gasteiger partial charge in [0, 0.05) is 18.3 Å². The highest BCUT2D eigenvalue weighted by Crippen LogP contribution is 2.13. The average molecular weight is 446 g/mol. The summed E-state index contributed by atoms with van der Waals surface area (Å²) < 4.78 is 5.35. The van der Waals surface area contributed by atoms with E-state index in [0.717, 1.165) is 30.6 Å². The topological polar surface area (TPSA) is 77.2 Å². The van der Waals surface area contributed by atoms with Gasteiger partial charge in [-0.15, -0.1) is 23.7 Å². The van der Waals surface area contributed by atoms with Crippen LogP contribution in [-0.2, 0) is 24.2 Å². The van der Waals surface area contributed by atoms with Crippen molar-refractivity contribution in [2.75, 3.05) is 0 Å². The maximum atomic E-state index is 12.3. The summed E-state index contributed by atoms with van der Waals surface area (Å²) in [6, 6.07) is 20.4. The molecule has 0 saturated heterocycles. The predicted octanol–water partition coefficient (Wildman–Crippen LogP) is 4.75. The van der Waals surface area contributed by atoms with E-state index < -0.39 is 6.09 Å². The summed E-state index contributed by atoms with van der Waals surface area (Å²) >= 11 is 1.47. The second-order valence-electron chi connectivity index (χ2n) is 7.10. The van der Waals surface area contributed by atoms with E-state index in [-0.39, 0.29) is 31.1 Å².